The van der Waals surface area contributed by atoms with E-state index in [1.807, 2.05) is 59.7 Å². The van der Waals surface area contributed by atoms with Crippen molar-refractivity contribution in [2.45, 2.75) is 57.2 Å². The van der Waals surface area contributed by atoms with Gasteiger partial charge in [-0.25, -0.2) is 23.5 Å². The molecule has 0 spiro atoms. The molecule has 3 amide bonds. The van der Waals surface area contributed by atoms with E-state index >= 15 is 0 Å². The summed E-state index contributed by atoms with van der Waals surface area (Å²) in [7, 11) is 1.72. The number of para-hydroxylation sites is 1. The molecule has 1 aliphatic carbocycles. The highest BCUT2D eigenvalue weighted by Crippen LogP contribution is 2.34. The van der Waals surface area contributed by atoms with Gasteiger partial charge in [-0.3, -0.25) is 38.4 Å². The molecule has 15 nitrogen and oxygen atoms in total. The molecule has 5 heterocycles. The Morgan fingerprint density at radius 3 is 2.41 bits per heavy atom. The van der Waals surface area contributed by atoms with E-state index in [1.54, 1.807) is 11.6 Å². The fourth-order valence-electron chi connectivity index (χ4n) is 8.96. The SMILES string of the molecule is Cn1c(=O)n(C2CCC(=O)NC2=O)c2cccc(CN3CCN(c4ncc(-c5ccc6cn(C7CCC(CNC(=O)c8cc(F)c(O)c(F)c8F)CC7)nc6c5)cn4)CC3)c21. The highest BCUT2D eigenvalue weighted by Gasteiger charge is 2.32. The number of aromatic hydroxyl groups is 1. The van der Waals surface area contributed by atoms with E-state index in [0.29, 0.717) is 37.2 Å². The number of hydrogen-bond donors (Lipinski definition) is 3. The summed E-state index contributed by atoms with van der Waals surface area (Å²) in [5.41, 5.74) is 4.00. The van der Waals surface area contributed by atoms with E-state index in [9.17, 15) is 37.5 Å². The zero-order valence-corrected chi connectivity index (χ0v) is 33.3. The van der Waals surface area contributed by atoms with Crippen molar-refractivity contribution in [1.82, 2.24) is 44.4 Å². The highest BCUT2D eigenvalue weighted by atomic mass is 19.2. The van der Waals surface area contributed by atoms with Gasteiger partial charge in [-0.2, -0.15) is 9.49 Å². The van der Waals surface area contributed by atoms with Crippen LogP contribution in [0.25, 0.3) is 33.1 Å². The normalized spacial score (nSPS) is 20.1. The van der Waals surface area contributed by atoms with Crippen molar-refractivity contribution < 1.29 is 32.7 Å². The molecule has 3 aliphatic rings. The molecule has 6 aromatic rings. The van der Waals surface area contributed by atoms with E-state index in [0.717, 1.165) is 71.9 Å². The van der Waals surface area contributed by atoms with Gasteiger partial charge in [0, 0.05) is 82.3 Å². The fourth-order valence-corrected chi connectivity index (χ4v) is 8.96. The molecule has 1 atom stereocenters. The van der Waals surface area contributed by atoms with E-state index in [2.05, 4.69) is 20.4 Å². The minimum Gasteiger partial charge on any atom is -0.503 e. The Bertz CT molecular complexity index is 2750. The summed E-state index contributed by atoms with van der Waals surface area (Å²) >= 11 is 0. The number of piperidine rings is 1. The first-order valence-electron chi connectivity index (χ1n) is 20.4. The van der Waals surface area contributed by atoms with Gasteiger partial charge < -0.3 is 15.3 Å². The molecule has 61 heavy (non-hydrogen) atoms. The van der Waals surface area contributed by atoms with E-state index in [4.69, 9.17) is 15.1 Å². The zero-order chi connectivity index (χ0) is 42.5. The minimum absolute atomic E-state index is 0.102. The second-order valence-corrected chi connectivity index (χ2v) is 16.1. The van der Waals surface area contributed by atoms with Crippen molar-refractivity contribution in [2.24, 2.45) is 13.0 Å². The summed E-state index contributed by atoms with van der Waals surface area (Å²) in [6.45, 7) is 3.80. The van der Waals surface area contributed by atoms with E-state index in [1.165, 1.54) is 4.57 Å². The molecule has 1 unspecified atom stereocenters. The van der Waals surface area contributed by atoms with Gasteiger partial charge in [-0.1, -0.05) is 24.3 Å². The second-order valence-electron chi connectivity index (χ2n) is 16.1. The quantitative estimate of drug-likeness (QED) is 0.137. The van der Waals surface area contributed by atoms with Gasteiger partial charge in [0.2, 0.25) is 23.6 Å². The number of piperazine rings is 1. The van der Waals surface area contributed by atoms with Crippen LogP contribution < -0.4 is 21.2 Å². The second kappa shape index (κ2) is 16.1. The van der Waals surface area contributed by atoms with Crippen molar-refractivity contribution in [1.29, 1.82) is 0 Å². The van der Waals surface area contributed by atoms with Crippen LogP contribution in [0.1, 0.15) is 66.5 Å². The molecule has 316 valence electrons. The van der Waals surface area contributed by atoms with Crippen molar-refractivity contribution in [3.63, 3.8) is 0 Å². The molecule has 9 rings (SSSR count). The summed E-state index contributed by atoms with van der Waals surface area (Å²) in [5, 5.41) is 20.1. The van der Waals surface area contributed by atoms with Crippen molar-refractivity contribution in [3.05, 3.63) is 100 Å². The summed E-state index contributed by atoms with van der Waals surface area (Å²) in [6.07, 6.45) is 9.30. The number of hydrogen-bond acceptors (Lipinski definition) is 10. The van der Waals surface area contributed by atoms with Crippen LogP contribution in [0.15, 0.2) is 65.8 Å². The molecule has 3 fully saturated rings. The number of carbonyl (C=O) groups is 3. The Morgan fingerprint density at radius 1 is 0.918 bits per heavy atom. The zero-order valence-electron chi connectivity index (χ0n) is 33.3. The monoisotopic (exact) mass is 836 g/mol. The Kier molecular flexibility index (Phi) is 10.5. The van der Waals surface area contributed by atoms with Gasteiger partial charge in [0.05, 0.1) is 28.2 Å². The lowest BCUT2D eigenvalue weighted by Crippen LogP contribution is -2.46. The van der Waals surface area contributed by atoms with Gasteiger partial charge in [0.25, 0.3) is 5.91 Å². The summed E-state index contributed by atoms with van der Waals surface area (Å²) < 4.78 is 46.7. The average Bonchev–Trinajstić information content (AvgIpc) is 3.81. The van der Waals surface area contributed by atoms with Crippen LogP contribution in [0.2, 0.25) is 0 Å². The van der Waals surface area contributed by atoms with Gasteiger partial charge in [0.1, 0.15) is 6.04 Å². The number of phenolic OH excluding ortho intramolecular Hbond substituents is 1. The average molecular weight is 837 g/mol. The van der Waals surface area contributed by atoms with E-state index < -0.39 is 46.6 Å². The van der Waals surface area contributed by atoms with Crippen LogP contribution in [0.3, 0.4) is 0 Å². The lowest BCUT2D eigenvalue weighted by atomic mass is 9.86. The van der Waals surface area contributed by atoms with Gasteiger partial charge in [0.15, 0.2) is 17.4 Å². The van der Waals surface area contributed by atoms with Crippen LogP contribution in [-0.4, -0.2) is 89.3 Å². The number of aromatic nitrogens is 6. The van der Waals surface area contributed by atoms with Crippen LogP contribution in [0, 0.1) is 23.4 Å². The maximum Gasteiger partial charge on any atom is 0.329 e. The van der Waals surface area contributed by atoms with Crippen molar-refractivity contribution in [3.8, 4) is 16.9 Å². The highest BCUT2D eigenvalue weighted by molar-refractivity contribution is 6.00. The fraction of sp³-hybridized carbons (Fsp3) is 0.372. The maximum atomic E-state index is 14.2. The number of benzene rings is 3. The third-order valence-corrected chi connectivity index (χ3v) is 12.4. The molecule has 3 aromatic heterocycles. The smallest absolute Gasteiger partial charge is 0.329 e. The maximum absolute atomic E-state index is 14.2. The predicted molar refractivity (Wildman–Crippen MR) is 218 cm³/mol. The van der Waals surface area contributed by atoms with Crippen molar-refractivity contribution in [2.75, 3.05) is 37.6 Å². The Balaban J connectivity index is 0.788. The Morgan fingerprint density at radius 2 is 1.67 bits per heavy atom. The molecule has 3 aromatic carbocycles. The number of nitrogens with zero attached hydrogens (tertiary/aromatic N) is 8. The first-order valence-corrected chi connectivity index (χ1v) is 20.4. The molecule has 0 bridgehead atoms. The third kappa shape index (κ3) is 7.60. The number of fused-ring (bicyclic) bond motifs is 2. The molecule has 3 N–H and O–H groups in total. The number of aryl methyl sites for hydroxylation is 1. The number of halogens is 3. The topological polar surface area (TPSA) is 173 Å². The first-order chi connectivity index (χ1) is 29.4. The Hall–Kier alpha value is -6.56. The van der Waals surface area contributed by atoms with Crippen LogP contribution in [0.5, 0.6) is 5.75 Å². The predicted octanol–water partition coefficient (Wildman–Crippen LogP) is 4.73. The lowest BCUT2D eigenvalue weighted by molar-refractivity contribution is -0.135. The van der Waals surface area contributed by atoms with Crippen molar-refractivity contribution >= 4 is 45.6 Å². The third-order valence-electron chi connectivity index (χ3n) is 12.4. The summed E-state index contributed by atoms with van der Waals surface area (Å²) in [5.74, 6) is -7.21. The number of nitrogens with one attached hydrogen (secondary N) is 2. The molecule has 1 saturated carbocycles. The van der Waals surface area contributed by atoms with Crippen LogP contribution in [0.4, 0.5) is 19.1 Å². The molecule has 0 radical (unpaired) electrons. The minimum atomic E-state index is -1.79. The van der Waals surface area contributed by atoms with Crippen LogP contribution in [-0.2, 0) is 23.2 Å². The largest absolute Gasteiger partial charge is 0.503 e. The van der Waals surface area contributed by atoms with Gasteiger partial charge in [-0.05, 0) is 67.3 Å². The van der Waals surface area contributed by atoms with Gasteiger partial charge >= 0.3 is 5.69 Å². The number of rotatable bonds is 9. The number of phenols is 1. The standard InChI is InChI=1S/C43H43F3N10O5/c1-52-38-27(3-2-4-33(38)56(43(52)61)34-11-12-35(57)50-41(34)60)22-53-13-15-54(16-14-53)42-48-20-28(21-49-42)25-7-8-26-23-55(51-32(26)17-25)29-9-5-24(6-10-29)19-47-40(59)30-18-31(44)39(58)37(46)36(30)45/h2-4,7-8,17-18,20-21,23-24,29,34,58H,5-6,9-16,19,22H2,1H3,(H,47,59)(H,50,57,60). The number of imidazole rings is 1. The van der Waals surface area contributed by atoms with Gasteiger partial charge in [-0.15, -0.1) is 0 Å². The lowest BCUT2D eigenvalue weighted by Gasteiger charge is -2.34. The Labute approximate surface area is 346 Å². The van der Waals surface area contributed by atoms with E-state index in [-0.39, 0.29) is 42.9 Å². The molecule has 18 heteroatoms. The van der Waals surface area contributed by atoms with Crippen LogP contribution >= 0.6 is 0 Å². The molecular formula is C43H43F3N10O5. The number of imide groups is 1. The first kappa shape index (κ1) is 39.9. The molecule has 2 saturated heterocycles. The summed E-state index contributed by atoms with van der Waals surface area (Å²) in [6, 6.07) is 11.7. The number of anilines is 1. The number of amides is 3. The molecule has 2 aliphatic heterocycles. The number of carbonyl (C=O) groups excluding carboxylic acids is 3. The molecular weight excluding hydrogens is 794 g/mol. The summed E-state index contributed by atoms with van der Waals surface area (Å²) in [4.78, 5) is 64.2.